The summed E-state index contributed by atoms with van der Waals surface area (Å²) in [5.41, 5.74) is -2.23. The molecule has 0 aliphatic rings. The molecule has 0 aliphatic carbocycles. The van der Waals surface area contributed by atoms with Gasteiger partial charge in [0.05, 0.1) is 5.56 Å². The van der Waals surface area contributed by atoms with E-state index in [4.69, 9.17) is 0 Å². The summed E-state index contributed by atoms with van der Waals surface area (Å²) < 4.78 is 37.1. The Morgan fingerprint density at radius 1 is 1.00 bits per heavy atom. The third kappa shape index (κ3) is 1.81. The lowest BCUT2D eigenvalue weighted by Gasteiger charge is -2.10. The summed E-state index contributed by atoms with van der Waals surface area (Å²) in [5, 5.41) is 0. The number of hydrogen-bond donors (Lipinski definition) is 0. The van der Waals surface area contributed by atoms with Gasteiger partial charge in [-0.1, -0.05) is 18.2 Å². The molecule has 0 N–H and O–H groups in total. The van der Waals surface area contributed by atoms with E-state index in [0.29, 0.717) is 0 Å². The van der Waals surface area contributed by atoms with E-state index in [2.05, 4.69) is 0 Å². The van der Waals surface area contributed by atoms with Gasteiger partial charge in [-0.3, -0.25) is 9.59 Å². The van der Waals surface area contributed by atoms with Crippen molar-refractivity contribution >= 4 is 12.6 Å². The van der Waals surface area contributed by atoms with Crippen LogP contribution in [0.2, 0.25) is 0 Å². The van der Waals surface area contributed by atoms with Gasteiger partial charge in [0.15, 0.2) is 12.6 Å². The average molecular weight is 202 g/mol. The Morgan fingerprint density at radius 2 is 1.43 bits per heavy atom. The van der Waals surface area contributed by atoms with Crippen LogP contribution >= 0.6 is 0 Å². The highest BCUT2D eigenvalue weighted by Gasteiger charge is 2.35. The first kappa shape index (κ1) is 10.4. The van der Waals surface area contributed by atoms with Crippen molar-refractivity contribution in [1.82, 2.24) is 0 Å². The summed E-state index contributed by atoms with van der Waals surface area (Å²) >= 11 is 0. The first-order valence-corrected chi connectivity index (χ1v) is 3.61. The number of carbonyl (C=O) groups is 2. The van der Waals surface area contributed by atoms with Crippen molar-refractivity contribution in [3.8, 4) is 0 Å². The number of benzene rings is 1. The fourth-order valence-corrected chi connectivity index (χ4v) is 1.11. The molecular weight excluding hydrogens is 197 g/mol. The van der Waals surface area contributed by atoms with Crippen LogP contribution in [0, 0.1) is 0 Å². The fourth-order valence-electron chi connectivity index (χ4n) is 1.11. The standard InChI is InChI=1S/C9H5F3O2/c10-9(11,12)8-6(4-13)2-1-3-7(8)5-14/h1-5H. The minimum atomic E-state index is -4.69. The van der Waals surface area contributed by atoms with E-state index in [9.17, 15) is 22.8 Å². The topological polar surface area (TPSA) is 34.1 Å². The second-order valence-corrected chi connectivity index (χ2v) is 2.54. The van der Waals surface area contributed by atoms with Crippen LogP contribution in [0.1, 0.15) is 26.3 Å². The van der Waals surface area contributed by atoms with Crippen molar-refractivity contribution in [2.75, 3.05) is 0 Å². The second-order valence-electron chi connectivity index (χ2n) is 2.54. The van der Waals surface area contributed by atoms with Crippen molar-refractivity contribution in [3.05, 3.63) is 34.9 Å². The van der Waals surface area contributed by atoms with Crippen molar-refractivity contribution in [2.45, 2.75) is 6.18 Å². The SMILES string of the molecule is O=Cc1cccc(C=O)c1C(F)(F)F. The monoisotopic (exact) mass is 202 g/mol. The molecule has 0 saturated heterocycles. The lowest BCUT2D eigenvalue weighted by atomic mass is 10.0. The molecule has 0 atom stereocenters. The highest BCUT2D eigenvalue weighted by Crippen LogP contribution is 2.33. The second kappa shape index (κ2) is 3.61. The van der Waals surface area contributed by atoms with Crippen molar-refractivity contribution in [1.29, 1.82) is 0 Å². The average Bonchev–Trinajstić information content (AvgIpc) is 2.15. The summed E-state index contributed by atoms with van der Waals surface area (Å²) in [6, 6.07) is 3.26. The summed E-state index contributed by atoms with van der Waals surface area (Å²) in [6.45, 7) is 0. The maximum absolute atomic E-state index is 12.4. The Labute approximate surface area is 77.3 Å². The largest absolute Gasteiger partial charge is 0.417 e. The molecule has 0 unspecified atom stereocenters. The molecule has 1 rings (SSSR count). The Morgan fingerprint density at radius 3 is 1.71 bits per heavy atom. The molecule has 0 spiro atoms. The Kier molecular flexibility index (Phi) is 2.69. The van der Waals surface area contributed by atoms with Crippen LogP contribution in [-0.4, -0.2) is 12.6 Å². The quantitative estimate of drug-likeness (QED) is 0.689. The molecule has 0 bridgehead atoms. The number of aldehydes is 2. The molecule has 0 radical (unpaired) electrons. The normalized spacial score (nSPS) is 11.1. The Bertz CT molecular complexity index is 343. The minimum Gasteiger partial charge on any atom is -0.298 e. The maximum atomic E-state index is 12.4. The van der Waals surface area contributed by atoms with E-state index >= 15 is 0 Å². The molecule has 0 aromatic heterocycles. The third-order valence-electron chi connectivity index (χ3n) is 1.67. The van der Waals surface area contributed by atoms with Gasteiger partial charge in [-0.15, -0.1) is 0 Å². The van der Waals surface area contributed by atoms with E-state index in [1.54, 1.807) is 0 Å². The maximum Gasteiger partial charge on any atom is 0.417 e. The molecule has 1 aromatic carbocycles. The molecule has 2 nitrogen and oxygen atoms in total. The van der Waals surface area contributed by atoms with E-state index in [0.717, 1.165) is 12.1 Å². The zero-order valence-corrected chi connectivity index (χ0v) is 6.84. The van der Waals surface area contributed by atoms with E-state index in [1.807, 2.05) is 0 Å². The van der Waals surface area contributed by atoms with Crippen molar-refractivity contribution in [3.63, 3.8) is 0 Å². The van der Waals surface area contributed by atoms with Gasteiger partial charge in [0, 0.05) is 11.1 Å². The summed E-state index contributed by atoms with van der Waals surface area (Å²) in [5.74, 6) is 0. The zero-order valence-electron chi connectivity index (χ0n) is 6.84. The predicted octanol–water partition coefficient (Wildman–Crippen LogP) is 2.33. The van der Waals surface area contributed by atoms with Crippen LogP contribution in [-0.2, 0) is 6.18 Å². The van der Waals surface area contributed by atoms with Gasteiger partial charge in [-0.05, 0) is 0 Å². The lowest BCUT2D eigenvalue weighted by molar-refractivity contribution is -0.138. The predicted molar refractivity (Wildman–Crippen MR) is 42.2 cm³/mol. The molecule has 0 saturated carbocycles. The number of rotatable bonds is 2. The smallest absolute Gasteiger partial charge is 0.298 e. The molecule has 1 aromatic rings. The molecule has 5 heteroatoms. The van der Waals surface area contributed by atoms with Gasteiger partial charge in [0.25, 0.3) is 0 Å². The molecule has 0 fully saturated rings. The zero-order chi connectivity index (χ0) is 10.8. The number of alkyl halides is 3. The molecular formula is C9H5F3O2. The highest BCUT2D eigenvalue weighted by atomic mass is 19.4. The number of halogens is 3. The van der Waals surface area contributed by atoms with Gasteiger partial charge in [-0.25, -0.2) is 0 Å². The van der Waals surface area contributed by atoms with Crippen molar-refractivity contribution in [2.24, 2.45) is 0 Å². The van der Waals surface area contributed by atoms with Gasteiger partial charge in [0.1, 0.15) is 0 Å². The van der Waals surface area contributed by atoms with Crippen LogP contribution in [0.25, 0.3) is 0 Å². The van der Waals surface area contributed by atoms with E-state index in [-0.39, 0.29) is 12.6 Å². The number of carbonyl (C=O) groups excluding carboxylic acids is 2. The minimum absolute atomic E-state index is 0.0792. The van der Waals surface area contributed by atoms with Crippen molar-refractivity contribution < 1.29 is 22.8 Å². The van der Waals surface area contributed by atoms with Crippen LogP contribution in [0.5, 0.6) is 0 Å². The highest BCUT2D eigenvalue weighted by molar-refractivity contribution is 5.86. The van der Waals surface area contributed by atoms with Crippen LogP contribution in [0.3, 0.4) is 0 Å². The third-order valence-corrected chi connectivity index (χ3v) is 1.67. The van der Waals surface area contributed by atoms with Crippen LogP contribution in [0.4, 0.5) is 13.2 Å². The van der Waals surface area contributed by atoms with Gasteiger partial charge in [0.2, 0.25) is 0 Å². The van der Waals surface area contributed by atoms with Crippen LogP contribution < -0.4 is 0 Å². The Balaban J connectivity index is 3.49. The fraction of sp³-hybridized carbons (Fsp3) is 0.111. The summed E-state index contributed by atoms with van der Waals surface area (Å²) in [6.07, 6.45) is -4.53. The molecule has 0 heterocycles. The first-order valence-electron chi connectivity index (χ1n) is 3.61. The summed E-state index contributed by atoms with van der Waals surface area (Å²) in [4.78, 5) is 20.7. The molecule has 14 heavy (non-hydrogen) atoms. The molecule has 0 amide bonds. The van der Waals surface area contributed by atoms with E-state index < -0.39 is 22.9 Å². The first-order chi connectivity index (χ1) is 6.50. The summed E-state index contributed by atoms with van der Waals surface area (Å²) in [7, 11) is 0. The Hall–Kier alpha value is -1.65. The van der Waals surface area contributed by atoms with E-state index in [1.165, 1.54) is 6.07 Å². The van der Waals surface area contributed by atoms with Gasteiger partial charge in [-0.2, -0.15) is 13.2 Å². The van der Waals surface area contributed by atoms with Gasteiger partial charge >= 0.3 is 6.18 Å². The molecule has 0 aliphatic heterocycles. The van der Waals surface area contributed by atoms with Crippen LogP contribution in [0.15, 0.2) is 18.2 Å². The lowest BCUT2D eigenvalue weighted by Crippen LogP contribution is -2.12. The number of hydrogen-bond acceptors (Lipinski definition) is 2. The molecule has 74 valence electrons. The van der Waals surface area contributed by atoms with Gasteiger partial charge < -0.3 is 0 Å².